The van der Waals surface area contributed by atoms with Crippen LogP contribution in [0.4, 0.5) is 8.78 Å². The fourth-order valence-corrected chi connectivity index (χ4v) is 2.45. The lowest BCUT2D eigenvalue weighted by Gasteiger charge is -2.19. The first-order valence-corrected chi connectivity index (χ1v) is 6.93. The zero-order chi connectivity index (χ0) is 15.4. The summed E-state index contributed by atoms with van der Waals surface area (Å²) in [6.45, 7) is 4.78. The molecule has 0 fully saturated rings. The Kier molecular flexibility index (Phi) is 4.91. The highest BCUT2D eigenvalue weighted by molar-refractivity contribution is 5.74. The summed E-state index contributed by atoms with van der Waals surface area (Å²) in [4.78, 5) is 0. The fraction of sp³-hybridized carbons (Fsp3) is 0.294. The number of halogens is 2. The van der Waals surface area contributed by atoms with E-state index in [-0.39, 0.29) is 17.7 Å². The van der Waals surface area contributed by atoms with Crippen molar-refractivity contribution in [3.8, 4) is 16.9 Å². The molecule has 2 rings (SSSR count). The highest BCUT2D eigenvalue weighted by Gasteiger charge is 2.16. The number of rotatable bonds is 5. The maximum Gasteiger partial charge on any atom is 0.126 e. The average molecular weight is 291 g/mol. The van der Waals surface area contributed by atoms with Gasteiger partial charge in [0, 0.05) is 11.6 Å². The van der Waals surface area contributed by atoms with Crippen molar-refractivity contribution in [2.75, 3.05) is 13.7 Å². The Hall–Kier alpha value is -1.94. The number of methoxy groups -OCH3 is 1. The van der Waals surface area contributed by atoms with Crippen LogP contribution in [0.2, 0.25) is 0 Å². The lowest BCUT2D eigenvalue weighted by molar-refractivity contribution is 0.415. The van der Waals surface area contributed by atoms with E-state index in [1.54, 1.807) is 12.1 Å². The standard InChI is InChI=1S/C17H19F2NO/c1-4-20-11(2)14-7-5-12(18)9-15(14)16-10-13(19)6-8-17(16)21-3/h5-11,20H,4H2,1-3H3. The van der Waals surface area contributed by atoms with E-state index in [0.717, 1.165) is 12.1 Å². The van der Waals surface area contributed by atoms with Gasteiger partial charge in [-0.25, -0.2) is 8.78 Å². The molecule has 0 aliphatic carbocycles. The van der Waals surface area contributed by atoms with Crippen LogP contribution in [0.15, 0.2) is 36.4 Å². The normalized spacial score (nSPS) is 12.2. The predicted octanol–water partition coefficient (Wildman–Crippen LogP) is 4.31. The molecule has 0 amide bonds. The molecule has 0 aliphatic heterocycles. The number of nitrogens with one attached hydrogen (secondary N) is 1. The van der Waals surface area contributed by atoms with Gasteiger partial charge in [-0.1, -0.05) is 13.0 Å². The van der Waals surface area contributed by atoms with Crippen LogP contribution in [0.1, 0.15) is 25.5 Å². The molecule has 0 heterocycles. The second kappa shape index (κ2) is 6.68. The molecule has 2 aromatic carbocycles. The van der Waals surface area contributed by atoms with Crippen LogP contribution in [0.3, 0.4) is 0 Å². The van der Waals surface area contributed by atoms with Gasteiger partial charge in [-0.2, -0.15) is 0 Å². The molecule has 0 saturated heterocycles. The Morgan fingerprint density at radius 3 is 2.29 bits per heavy atom. The van der Waals surface area contributed by atoms with E-state index < -0.39 is 0 Å². The predicted molar refractivity (Wildman–Crippen MR) is 80.4 cm³/mol. The van der Waals surface area contributed by atoms with Gasteiger partial charge in [0.15, 0.2) is 0 Å². The first-order chi connectivity index (χ1) is 10.1. The fourth-order valence-electron chi connectivity index (χ4n) is 2.45. The molecular weight excluding hydrogens is 272 g/mol. The average Bonchev–Trinajstić information content (AvgIpc) is 2.47. The largest absolute Gasteiger partial charge is 0.496 e. The Labute approximate surface area is 123 Å². The van der Waals surface area contributed by atoms with Gasteiger partial charge in [0.1, 0.15) is 17.4 Å². The third-order valence-corrected chi connectivity index (χ3v) is 3.44. The quantitative estimate of drug-likeness (QED) is 0.886. The Morgan fingerprint density at radius 2 is 1.67 bits per heavy atom. The zero-order valence-electron chi connectivity index (χ0n) is 12.4. The van der Waals surface area contributed by atoms with Crippen molar-refractivity contribution < 1.29 is 13.5 Å². The monoisotopic (exact) mass is 291 g/mol. The summed E-state index contributed by atoms with van der Waals surface area (Å²) in [5.74, 6) is -0.215. The SMILES string of the molecule is CCNC(C)c1ccc(F)cc1-c1cc(F)ccc1OC. The van der Waals surface area contributed by atoms with Crippen LogP contribution in [-0.4, -0.2) is 13.7 Å². The number of benzene rings is 2. The van der Waals surface area contributed by atoms with Gasteiger partial charge in [0.25, 0.3) is 0 Å². The van der Waals surface area contributed by atoms with Gasteiger partial charge in [-0.15, -0.1) is 0 Å². The number of ether oxygens (including phenoxy) is 1. The van der Waals surface area contributed by atoms with Gasteiger partial charge >= 0.3 is 0 Å². The van der Waals surface area contributed by atoms with Gasteiger partial charge in [0.05, 0.1) is 7.11 Å². The molecule has 0 saturated carbocycles. The topological polar surface area (TPSA) is 21.3 Å². The first kappa shape index (κ1) is 15.4. The van der Waals surface area contributed by atoms with Crippen LogP contribution < -0.4 is 10.1 Å². The second-order valence-electron chi connectivity index (χ2n) is 4.86. The third-order valence-electron chi connectivity index (χ3n) is 3.44. The second-order valence-corrected chi connectivity index (χ2v) is 4.86. The lowest BCUT2D eigenvalue weighted by atomic mass is 9.94. The first-order valence-electron chi connectivity index (χ1n) is 6.93. The molecule has 0 bridgehead atoms. The molecule has 0 spiro atoms. The highest BCUT2D eigenvalue weighted by atomic mass is 19.1. The molecule has 0 aromatic heterocycles. The lowest BCUT2D eigenvalue weighted by Crippen LogP contribution is -2.18. The number of hydrogen-bond donors (Lipinski definition) is 1. The summed E-state index contributed by atoms with van der Waals surface area (Å²) in [5, 5.41) is 3.29. The third kappa shape index (κ3) is 3.39. The summed E-state index contributed by atoms with van der Waals surface area (Å²) in [5.41, 5.74) is 2.10. The molecule has 1 atom stereocenters. The van der Waals surface area contributed by atoms with E-state index in [2.05, 4.69) is 5.32 Å². The molecule has 2 nitrogen and oxygen atoms in total. The maximum absolute atomic E-state index is 13.7. The van der Waals surface area contributed by atoms with E-state index >= 15 is 0 Å². The summed E-state index contributed by atoms with van der Waals surface area (Å²) >= 11 is 0. The van der Waals surface area contributed by atoms with Crippen molar-refractivity contribution in [3.05, 3.63) is 53.6 Å². The molecule has 4 heteroatoms. The Morgan fingerprint density at radius 1 is 1.05 bits per heavy atom. The van der Waals surface area contributed by atoms with Gasteiger partial charge in [-0.3, -0.25) is 0 Å². The minimum absolute atomic E-state index is 0.0265. The summed E-state index contributed by atoms with van der Waals surface area (Å²) in [6.07, 6.45) is 0. The van der Waals surface area contributed by atoms with Gasteiger partial charge in [0.2, 0.25) is 0 Å². The maximum atomic E-state index is 13.7. The van der Waals surface area contributed by atoms with Crippen molar-refractivity contribution in [1.29, 1.82) is 0 Å². The number of hydrogen-bond acceptors (Lipinski definition) is 2. The molecule has 1 N–H and O–H groups in total. The molecular formula is C17H19F2NO. The Balaban J connectivity index is 2.62. The Bertz CT molecular complexity index is 628. The minimum atomic E-state index is -0.378. The van der Waals surface area contributed by atoms with Crippen molar-refractivity contribution in [2.45, 2.75) is 19.9 Å². The van der Waals surface area contributed by atoms with E-state index in [4.69, 9.17) is 4.74 Å². The summed E-state index contributed by atoms with van der Waals surface area (Å²) in [6, 6.07) is 8.84. The summed E-state index contributed by atoms with van der Waals surface area (Å²) in [7, 11) is 1.52. The zero-order valence-corrected chi connectivity index (χ0v) is 12.4. The van der Waals surface area contributed by atoms with Gasteiger partial charge in [-0.05, 0) is 54.9 Å². The van der Waals surface area contributed by atoms with Crippen LogP contribution in [0.5, 0.6) is 5.75 Å². The summed E-state index contributed by atoms with van der Waals surface area (Å²) < 4.78 is 32.5. The van der Waals surface area contributed by atoms with Crippen LogP contribution in [0.25, 0.3) is 11.1 Å². The van der Waals surface area contributed by atoms with E-state index in [0.29, 0.717) is 16.9 Å². The van der Waals surface area contributed by atoms with Crippen molar-refractivity contribution in [1.82, 2.24) is 5.32 Å². The molecule has 112 valence electrons. The van der Waals surface area contributed by atoms with Crippen LogP contribution in [-0.2, 0) is 0 Å². The van der Waals surface area contributed by atoms with Crippen LogP contribution >= 0.6 is 0 Å². The molecule has 21 heavy (non-hydrogen) atoms. The van der Waals surface area contributed by atoms with Gasteiger partial charge < -0.3 is 10.1 Å². The van der Waals surface area contributed by atoms with Crippen molar-refractivity contribution >= 4 is 0 Å². The molecule has 1 unspecified atom stereocenters. The van der Waals surface area contributed by atoms with Crippen LogP contribution in [0, 0.1) is 11.6 Å². The highest BCUT2D eigenvalue weighted by Crippen LogP contribution is 2.35. The van der Waals surface area contributed by atoms with Crippen molar-refractivity contribution in [3.63, 3.8) is 0 Å². The molecule has 2 aromatic rings. The van der Waals surface area contributed by atoms with E-state index in [9.17, 15) is 8.78 Å². The smallest absolute Gasteiger partial charge is 0.126 e. The van der Waals surface area contributed by atoms with E-state index in [1.165, 1.54) is 31.4 Å². The molecule has 0 aliphatic rings. The van der Waals surface area contributed by atoms with Crippen molar-refractivity contribution in [2.24, 2.45) is 0 Å². The minimum Gasteiger partial charge on any atom is -0.496 e. The van der Waals surface area contributed by atoms with E-state index in [1.807, 2.05) is 13.8 Å². The molecule has 0 radical (unpaired) electrons.